The Morgan fingerprint density at radius 2 is 1.90 bits per heavy atom. The first-order valence-electron chi connectivity index (χ1n) is 6.14. The van der Waals surface area contributed by atoms with E-state index >= 15 is 0 Å². The fraction of sp³-hybridized carbons (Fsp3) is 0.0625. The van der Waals surface area contributed by atoms with E-state index < -0.39 is 0 Å². The molecule has 4 heteroatoms. The van der Waals surface area contributed by atoms with Crippen molar-refractivity contribution >= 4 is 38.4 Å². The first-order chi connectivity index (χ1) is 9.78. The van der Waals surface area contributed by atoms with E-state index in [0.717, 1.165) is 28.0 Å². The van der Waals surface area contributed by atoms with E-state index in [1.54, 1.807) is 6.20 Å². The lowest BCUT2D eigenvalue weighted by Crippen LogP contribution is -1.91. The largest absolute Gasteiger partial charge is 0.455 e. The zero-order valence-electron chi connectivity index (χ0n) is 10.5. The number of para-hydroxylation sites is 1. The van der Waals surface area contributed by atoms with E-state index in [1.807, 2.05) is 48.5 Å². The fourth-order valence-corrected chi connectivity index (χ4v) is 2.64. The molecule has 0 bridgehead atoms. The first kappa shape index (κ1) is 13.4. The Bertz CT molecular complexity index is 755. The normalized spacial score (nSPS) is 10.7. The number of nitrogens with zero attached hydrogens (tertiary/aromatic N) is 1. The van der Waals surface area contributed by atoms with Gasteiger partial charge in [0.15, 0.2) is 5.75 Å². The standard InChI is InChI=1S/C16H11BrClNO/c17-10-12-6-7-13(18)9-15(12)20-14-5-1-3-11-4-2-8-19-16(11)14/h1-9H,10H2. The molecule has 0 spiro atoms. The molecule has 0 saturated carbocycles. The number of benzene rings is 2. The molecule has 0 unspecified atom stereocenters. The van der Waals surface area contributed by atoms with Gasteiger partial charge in [-0.3, -0.25) is 4.98 Å². The van der Waals surface area contributed by atoms with Crippen molar-refractivity contribution in [3.63, 3.8) is 0 Å². The molecule has 0 aliphatic heterocycles. The predicted molar refractivity (Wildman–Crippen MR) is 85.9 cm³/mol. The van der Waals surface area contributed by atoms with E-state index in [-0.39, 0.29) is 0 Å². The lowest BCUT2D eigenvalue weighted by atomic mass is 10.2. The lowest BCUT2D eigenvalue weighted by molar-refractivity contribution is 0.483. The Morgan fingerprint density at radius 1 is 1.05 bits per heavy atom. The number of aromatic nitrogens is 1. The van der Waals surface area contributed by atoms with Crippen LogP contribution in [0.3, 0.4) is 0 Å². The van der Waals surface area contributed by atoms with E-state index in [0.29, 0.717) is 10.4 Å². The summed E-state index contributed by atoms with van der Waals surface area (Å²) in [6.07, 6.45) is 1.76. The molecule has 0 aliphatic rings. The number of alkyl halides is 1. The van der Waals surface area contributed by atoms with Crippen molar-refractivity contribution in [1.82, 2.24) is 4.98 Å². The molecule has 1 aromatic heterocycles. The van der Waals surface area contributed by atoms with Crippen LogP contribution in [0, 0.1) is 0 Å². The summed E-state index contributed by atoms with van der Waals surface area (Å²) in [7, 11) is 0. The Hall–Kier alpha value is -1.58. The van der Waals surface area contributed by atoms with Crippen molar-refractivity contribution in [2.45, 2.75) is 5.33 Å². The topological polar surface area (TPSA) is 22.1 Å². The third-order valence-electron chi connectivity index (χ3n) is 2.99. The van der Waals surface area contributed by atoms with Crippen LogP contribution in [0.1, 0.15) is 5.56 Å². The van der Waals surface area contributed by atoms with Crippen LogP contribution in [0.5, 0.6) is 11.5 Å². The van der Waals surface area contributed by atoms with E-state index in [2.05, 4.69) is 20.9 Å². The fourth-order valence-electron chi connectivity index (χ4n) is 2.01. The monoisotopic (exact) mass is 347 g/mol. The zero-order valence-corrected chi connectivity index (χ0v) is 12.9. The Morgan fingerprint density at radius 3 is 2.75 bits per heavy atom. The summed E-state index contributed by atoms with van der Waals surface area (Å²) in [5.41, 5.74) is 1.89. The average molecular weight is 349 g/mol. The lowest BCUT2D eigenvalue weighted by Gasteiger charge is -2.11. The second-order valence-electron chi connectivity index (χ2n) is 4.32. The van der Waals surface area contributed by atoms with Crippen LogP contribution < -0.4 is 4.74 Å². The molecule has 2 nitrogen and oxygen atoms in total. The van der Waals surface area contributed by atoms with Gasteiger partial charge < -0.3 is 4.74 Å². The Balaban J connectivity index is 2.07. The molecule has 0 fully saturated rings. The zero-order chi connectivity index (χ0) is 13.9. The van der Waals surface area contributed by atoms with E-state index in [9.17, 15) is 0 Å². The van der Waals surface area contributed by atoms with Crippen LogP contribution in [-0.2, 0) is 5.33 Å². The van der Waals surface area contributed by atoms with Crippen molar-refractivity contribution in [2.75, 3.05) is 0 Å². The third kappa shape index (κ3) is 2.65. The summed E-state index contributed by atoms with van der Waals surface area (Å²) in [6.45, 7) is 0. The highest BCUT2D eigenvalue weighted by Gasteiger charge is 2.08. The summed E-state index contributed by atoms with van der Waals surface area (Å²) >= 11 is 9.50. The van der Waals surface area contributed by atoms with Crippen molar-refractivity contribution in [1.29, 1.82) is 0 Å². The molecule has 0 N–H and O–H groups in total. The SMILES string of the molecule is Clc1ccc(CBr)c(Oc2cccc3cccnc23)c1. The highest BCUT2D eigenvalue weighted by molar-refractivity contribution is 9.08. The van der Waals surface area contributed by atoms with Gasteiger partial charge in [0.2, 0.25) is 0 Å². The van der Waals surface area contributed by atoms with Gasteiger partial charge in [0.1, 0.15) is 11.3 Å². The molecule has 1 heterocycles. The van der Waals surface area contributed by atoms with Gasteiger partial charge in [-0.15, -0.1) is 0 Å². The minimum absolute atomic E-state index is 0.651. The number of hydrogen-bond acceptors (Lipinski definition) is 2. The molecule has 0 atom stereocenters. The van der Waals surface area contributed by atoms with Crippen molar-refractivity contribution in [2.24, 2.45) is 0 Å². The van der Waals surface area contributed by atoms with Gasteiger partial charge in [0.25, 0.3) is 0 Å². The van der Waals surface area contributed by atoms with Gasteiger partial charge in [0.05, 0.1) is 0 Å². The number of pyridine rings is 1. The minimum Gasteiger partial charge on any atom is -0.455 e. The second kappa shape index (κ2) is 5.81. The molecule has 3 rings (SSSR count). The number of halogens is 2. The number of ether oxygens (including phenoxy) is 1. The molecule has 0 aliphatic carbocycles. The van der Waals surface area contributed by atoms with Crippen LogP contribution in [-0.4, -0.2) is 4.98 Å². The number of fused-ring (bicyclic) bond motifs is 1. The van der Waals surface area contributed by atoms with Crippen LogP contribution in [0.4, 0.5) is 0 Å². The van der Waals surface area contributed by atoms with Gasteiger partial charge in [-0.25, -0.2) is 0 Å². The molecule has 0 amide bonds. The average Bonchev–Trinajstić information content (AvgIpc) is 2.48. The van der Waals surface area contributed by atoms with Crippen molar-refractivity contribution in [3.8, 4) is 11.5 Å². The van der Waals surface area contributed by atoms with Gasteiger partial charge >= 0.3 is 0 Å². The molecule has 0 radical (unpaired) electrons. The van der Waals surface area contributed by atoms with Crippen LogP contribution >= 0.6 is 27.5 Å². The maximum Gasteiger partial charge on any atom is 0.153 e. The molecule has 3 aromatic rings. The van der Waals surface area contributed by atoms with Gasteiger partial charge in [-0.1, -0.05) is 51.8 Å². The summed E-state index contributed by atoms with van der Waals surface area (Å²) in [6, 6.07) is 15.4. The molecular formula is C16H11BrClNO. The summed E-state index contributed by atoms with van der Waals surface area (Å²) in [5, 5.41) is 2.41. The molecule has 20 heavy (non-hydrogen) atoms. The quantitative estimate of drug-likeness (QED) is 0.577. The molecule has 100 valence electrons. The van der Waals surface area contributed by atoms with Gasteiger partial charge in [0, 0.05) is 27.5 Å². The van der Waals surface area contributed by atoms with Crippen LogP contribution in [0.25, 0.3) is 10.9 Å². The van der Waals surface area contributed by atoms with Crippen LogP contribution in [0.15, 0.2) is 54.7 Å². The smallest absolute Gasteiger partial charge is 0.153 e. The maximum atomic E-state index is 6.05. The van der Waals surface area contributed by atoms with Crippen molar-refractivity contribution in [3.05, 3.63) is 65.3 Å². The van der Waals surface area contributed by atoms with Crippen LogP contribution in [0.2, 0.25) is 5.02 Å². The number of hydrogen-bond donors (Lipinski definition) is 0. The third-order valence-corrected chi connectivity index (χ3v) is 3.83. The van der Waals surface area contributed by atoms with E-state index in [1.165, 1.54) is 0 Å². The minimum atomic E-state index is 0.651. The van der Waals surface area contributed by atoms with E-state index in [4.69, 9.17) is 16.3 Å². The Kier molecular flexibility index (Phi) is 3.90. The first-order valence-corrected chi connectivity index (χ1v) is 7.64. The maximum absolute atomic E-state index is 6.05. The van der Waals surface area contributed by atoms with Crippen molar-refractivity contribution < 1.29 is 4.74 Å². The highest BCUT2D eigenvalue weighted by atomic mass is 79.9. The second-order valence-corrected chi connectivity index (χ2v) is 5.32. The predicted octanol–water partition coefficient (Wildman–Crippen LogP) is 5.58. The Labute approximate surface area is 130 Å². The molecule has 0 saturated heterocycles. The number of rotatable bonds is 3. The molecular weight excluding hydrogens is 338 g/mol. The summed E-state index contributed by atoms with van der Waals surface area (Å²) < 4.78 is 6.02. The molecule has 2 aromatic carbocycles. The van der Waals surface area contributed by atoms with Gasteiger partial charge in [-0.05, 0) is 24.3 Å². The highest BCUT2D eigenvalue weighted by Crippen LogP contribution is 2.32. The van der Waals surface area contributed by atoms with Gasteiger partial charge in [-0.2, -0.15) is 0 Å². The summed E-state index contributed by atoms with van der Waals surface area (Å²) in [4.78, 5) is 4.39. The summed E-state index contributed by atoms with van der Waals surface area (Å²) in [5.74, 6) is 1.47.